The number of esters is 1. The second kappa shape index (κ2) is 9.24. The molecule has 0 unspecified atom stereocenters. The van der Waals surface area contributed by atoms with E-state index in [-0.39, 0.29) is 18.6 Å². The summed E-state index contributed by atoms with van der Waals surface area (Å²) in [6.07, 6.45) is 3.47. The molecule has 0 saturated heterocycles. The van der Waals surface area contributed by atoms with Gasteiger partial charge < -0.3 is 15.4 Å². The van der Waals surface area contributed by atoms with Crippen LogP contribution < -0.4 is 10.6 Å². The lowest BCUT2D eigenvalue weighted by molar-refractivity contribution is -0.146. The second-order valence-electron chi connectivity index (χ2n) is 6.38. The van der Waals surface area contributed by atoms with Gasteiger partial charge in [-0.25, -0.2) is 15.0 Å². The largest absolute Gasteiger partial charge is 0.456 e. The third-order valence-electron chi connectivity index (χ3n) is 3.85. The first-order chi connectivity index (χ1) is 13.9. The summed E-state index contributed by atoms with van der Waals surface area (Å²) in [7, 11) is 0. The number of thiazole rings is 1. The van der Waals surface area contributed by atoms with Crippen LogP contribution in [-0.4, -0.2) is 33.4 Å². The summed E-state index contributed by atoms with van der Waals surface area (Å²) in [4.78, 5) is 36.8. The minimum atomic E-state index is -0.496. The summed E-state index contributed by atoms with van der Waals surface area (Å²) < 4.78 is 4.69. The van der Waals surface area contributed by atoms with Crippen molar-refractivity contribution in [2.45, 2.75) is 26.8 Å². The first kappa shape index (κ1) is 20.4. The molecule has 1 atom stereocenters. The topological polar surface area (TPSA) is 106 Å². The molecule has 0 radical (unpaired) electrons. The Balaban J connectivity index is 1.68. The summed E-state index contributed by atoms with van der Waals surface area (Å²) in [5.41, 5.74) is 1.88. The van der Waals surface area contributed by atoms with E-state index >= 15 is 0 Å². The Morgan fingerprint density at radius 1 is 1.21 bits per heavy atom. The molecule has 0 spiro atoms. The Hall–Kier alpha value is -3.33. The van der Waals surface area contributed by atoms with Crippen LogP contribution in [0.2, 0.25) is 0 Å². The lowest BCUT2D eigenvalue weighted by Gasteiger charge is -2.10. The molecule has 0 aromatic carbocycles. The van der Waals surface area contributed by atoms with Crippen molar-refractivity contribution in [1.82, 2.24) is 20.3 Å². The van der Waals surface area contributed by atoms with Crippen LogP contribution in [0.4, 0.5) is 11.6 Å². The maximum atomic E-state index is 11.8. The number of pyridine rings is 2. The van der Waals surface area contributed by atoms with Gasteiger partial charge in [0.1, 0.15) is 16.6 Å². The lowest BCUT2D eigenvalue weighted by atomic mass is 10.3. The molecule has 0 aliphatic carbocycles. The molecule has 8 nitrogen and oxygen atoms in total. The number of anilines is 2. The number of hydrogen-bond acceptors (Lipinski definition) is 8. The third kappa shape index (κ3) is 5.82. The molecule has 150 valence electrons. The highest BCUT2D eigenvalue weighted by Crippen LogP contribution is 2.29. The van der Waals surface area contributed by atoms with Crippen LogP contribution in [0.25, 0.3) is 10.6 Å². The molecule has 2 N–H and O–H groups in total. The zero-order chi connectivity index (χ0) is 20.8. The molecule has 29 heavy (non-hydrogen) atoms. The molecular weight excluding hydrogens is 390 g/mol. The standard InChI is InChI=1S/C20H21N5O3S/c1-12-7-8-21-18(9-12)25-17-6-4-5-15(24-17)16-10-22-20(29-16)13(2)23-19(27)11-28-14(3)26/h4-10,13H,11H2,1-3H3,(H,23,27)(H,21,24,25)/t13-/m0/s1. The van der Waals surface area contributed by atoms with E-state index in [2.05, 4.69) is 25.6 Å². The minimum Gasteiger partial charge on any atom is -0.456 e. The second-order valence-corrected chi connectivity index (χ2v) is 7.45. The monoisotopic (exact) mass is 411 g/mol. The number of aromatic nitrogens is 3. The summed E-state index contributed by atoms with van der Waals surface area (Å²) in [5.74, 6) is 0.534. The Labute approximate surface area is 172 Å². The predicted molar refractivity (Wildman–Crippen MR) is 111 cm³/mol. The van der Waals surface area contributed by atoms with Crippen LogP contribution in [0.3, 0.4) is 0 Å². The Morgan fingerprint density at radius 3 is 2.79 bits per heavy atom. The van der Waals surface area contributed by atoms with E-state index in [1.54, 1.807) is 12.4 Å². The number of nitrogens with one attached hydrogen (secondary N) is 2. The van der Waals surface area contributed by atoms with Crippen molar-refractivity contribution in [3.63, 3.8) is 0 Å². The van der Waals surface area contributed by atoms with Crippen molar-refractivity contribution >= 4 is 34.8 Å². The highest BCUT2D eigenvalue weighted by Gasteiger charge is 2.15. The highest BCUT2D eigenvalue weighted by molar-refractivity contribution is 7.15. The number of ether oxygens (including phenoxy) is 1. The van der Waals surface area contributed by atoms with E-state index in [0.717, 1.165) is 27.0 Å². The summed E-state index contributed by atoms with van der Waals surface area (Å²) in [6, 6.07) is 9.24. The van der Waals surface area contributed by atoms with Crippen LogP contribution in [0, 0.1) is 6.92 Å². The van der Waals surface area contributed by atoms with Crippen molar-refractivity contribution < 1.29 is 14.3 Å². The van der Waals surface area contributed by atoms with E-state index in [1.807, 2.05) is 44.2 Å². The van der Waals surface area contributed by atoms with Crippen molar-refractivity contribution in [3.8, 4) is 10.6 Å². The summed E-state index contributed by atoms with van der Waals surface area (Å²) in [5, 5.41) is 6.69. The van der Waals surface area contributed by atoms with Crippen molar-refractivity contribution in [2.75, 3.05) is 11.9 Å². The first-order valence-electron chi connectivity index (χ1n) is 8.96. The molecule has 1 amide bonds. The van der Waals surface area contributed by atoms with Crippen molar-refractivity contribution in [3.05, 3.63) is 53.3 Å². The fourth-order valence-electron chi connectivity index (χ4n) is 2.50. The van der Waals surface area contributed by atoms with E-state index in [4.69, 9.17) is 4.74 Å². The van der Waals surface area contributed by atoms with Gasteiger partial charge in [-0.05, 0) is 43.7 Å². The van der Waals surface area contributed by atoms with Gasteiger partial charge in [0.2, 0.25) is 0 Å². The average molecular weight is 411 g/mol. The van der Waals surface area contributed by atoms with Crippen LogP contribution in [-0.2, 0) is 14.3 Å². The number of hydrogen-bond donors (Lipinski definition) is 2. The van der Waals surface area contributed by atoms with Gasteiger partial charge in [0.05, 0.1) is 16.6 Å². The zero-order valence-corrected chi connectivity index (χ0v) is 17.1. The smallest absolute Gasteiger partial charge is 0.303 e. The average Bonchev–Trinajstić information content (AvgIpc) is 3.17. The number of carbonyl (C=O) groups is 2. The van der Waals surface area contributed by atoms with Gasteiger partial charge in [-0.2, -0.15) is 0 Å². The number of rotatable bonds is 7. The van der Waals surface area contributed by atoms with Gasteiger partial charge in [0.25, 0.3) is 5.91 Å². The molecule has 0 saturated carbocycles. The van der Waals surface area contributed by atoms with E-state index in [1.165, 1.54) is 18.3 Å². The summed E-state index contributed by atoms with van der Waals surface area (Å²) >= 11 is 1.44. The van der Waals surface area contributed by atoms with Crippen molar-refractivity contribution in [2.24, 2.45) is 0 Å². The van der Waals surface area contributed by atoms with Gasteiger partial charge in [-0.15, -0.1) is 11.3 Å². The third-order valence-corrected chi connectivity index (χ3v) is 5.05. The number of carbonyl (C=O) groups excluding carboxylic acids is 2. The van der Waals surface area contributed by atoms with Crippen LogP contribution >= 0.6 is 11.3 Å². The SMILES string of the molecule is CC(=O)OCC(=O)N[C@@H](C)c1ncc(-c2cccc(Nc3cc(C)ccn3)n2)s1. The number of aryl methyl sites for hydroxylation is 1. The maximum Gasteiger partial charge on any atom is 0.303 e. The Bertz CT molecular complexity index is 1020. The molecule has 3 aromatic rings. The lowest BCUT2D eigenvalue weighted by Crippen LogP contribution is -2.30. The predicted octanol–water partition coefficient (Wildman–Crippen LogP) is 3.39. The quantitative estimate of drug-likeness (QED) is 0.574. The van der Waals surface area contributed by atoms with E-state index in [9.17, 15) is 9.59 Å². The molecule has 9 heteroatoms. The first-order valence-corrected chi connectivity index (χ1v) is 9.78. The fourth-order valence-corrected chi connectivity index (χ4v) is 3.39. The van der Waals surface area contributed by atoms with Crippen LogP contribution in [0.5, 0.6) is 0 Å². The number of amides is 1. The van der Waals surface area contributed by atoms with Gasteiger partial charge in [-0.1, -0.05) is 6.07 Å². The molecule has 3 heterocycles. The fraction of sp³-hybridized carbons (Fsp3) is 0.250. The molecule has 0 aliphatic heterocycles. The molecule has 0 aliphatic rings. The minimum absolute atomic E-state index is 0.305. The summed E-state index contributed by atoms with van der Waals surface area (Å²) in [6.45, 7) is 4.78. The molecule has 0 bridgehead atoms. The normalized spacial score (nSPS) is 11.6. The number of nitrogens with zero attached hydrogens (tertiary/aromatic N) is 3. The van der Waals surface area contributed by atoms with Gasteiger partial charge in [-0.3, -0.25) is 9.59 Å². The molecule has 3 rings (SSSR count). The Morgan fingerprint density at radius 2 is 2.03 bits per heavy atom. The Kier molecular flexibility index (Phi) is 6.50. The van der Waals surface area contributed by atoms with Gasteiger partial charge in [0, 0.05) is 19.3 Å². The zero-order valence-electron chi connectivity index (χ0n) is 16.3. The highest BCUT2D eigenvalue weighted by atomic mass is 32.1. The molecule has 3 aromatic heterocycles. The molecular formula is C20H21N5O3S. The van der Waals surface area contributed by atoms with Crippen molar-refractivity contribution in [1.29, 1.82) is 0 Å². The molecule has 0 fully saturated rings. The van der Waals surface area contributed by atoms with E-state index in [0.29, 0.717) is 5.82 Å². The van der Waals surface area contributed by atoms with Gasteiger partial charge in [0.15, 0.2) is 6.61 Å². The van der Waals surface area contributed by atoms with Gasteiger partial charge >= 0.3 is 5.97 Å². The maximum absolute atomic E-state index is 11.8. The van der Waals surface area contributed by atoms with Crippen LogP contribution in [0.1, 0.15) is 30.5 Å². The van der Waals surface area contributed by atoms with Crippen LogP contribution in [0.15, 0.2) is 42.7 Å². The van der Waals surface area contributed by atoms with E-state index < -0.39 is 5.97 Å².